The average molecular weight is 277 g/mol. The van der Waals surface area contributed by atoms with Crippen molar-refractivity contribution in [2.45, 2.75) is 27.4 Å². The largest absolute Gasteiger partial charge is 0.487 e. The molecule has 1 N–H and O–H groups in total. The van der Waals surface area contributed by atoms with Crippen molar-refractivity contribution in [2.24, 2.45) is 0 Å². The Morgan fingerprint density at radius 1 is 1.32 bits per heavy atom. The Labute approximate surface area is 115 Å². The van der Waals surface area contributed by atoms with Crippen molar-refractivity contribution in [3.8, 4) is 5.75 Å². The fourth-order valence-electron chi connectivity index (χ4n) is 2.01. The SMILES string of the molecule is Cc1cc(C)c(OCc2csc(C(=O)O)n2)c(C)c1. The van der Waals surface area contributed by atoms with Crippen LogP contribution >= 0.6 is 11.3 Å². The number of hydrogen-bond donors (Lipinski definition) is 1. The maximum absolute atomic E-state index is 10.7. The van der Waals surface area contributed by atoms with Crippen LogP contribution in [0.4, 0.5) is 0 Å². The molecule has 5 heteroatoms. The van der Waals surface area contributed by atoms with Crippen LogP contribution in [0, 0.1) is 20.8 Å². The van der Waals surface area contributed by atoms with E-state index in [0.717, 1.165) is 28.2 Å². The van der Waals surface area contributed by atoms with Gasteiger partial charge in [0, 0.05) is 5.38 Å². The first-order valence-corrected chi connectivity index (χ1v) is 6.73. The number of rotatable bonds is 4. The quantitative estimate of drug-likeness (QED) is 0.931. The molecule has 19 heavy (non-hydrogen) atoms. The number of nitrogens with zero attached hydrogens (tertiary/aromatic N) is 1. The summed E-state index contributed by atoms with van der Waals surface area (Å²) in [5.41, 5.74) is 3.99. The lowest BCUT2D eigenvalue weighted by Crippen LogP contribution is -2.01. The van der Waals surface area contributed by atoms with Crippen LogP contribution in [0.15, 0.2) is 17.5 Å². The highest BCUT2D eigenvalue weighted by Crippen LogP contribution is 2.25. The Kier molecular flexibility index (Phi) is 3.85. The van der Waals surface area contributed by atoms with Gasteiger partial charge in [0.25, 0.3) is 0 Å². The second kappa shape index (κ2) is 5.40. The number of aryl methyl sites for hydroxylation is 3. The summed E-state index contributed by atoms with van der Waals surface area (Å²) in [5, 5.41) is 10.6. The molecule has 2 rings (SSSR count). The molecule has 0 bridgehead atoms. The van der Waals surface area contributed by atoms with Crippen LogP contribution in [-0.2, 0) is 6.61 Å². The second-order valence-electron chi connectivity index (χ2n) is 4.47. The van der Waals surface area contributed by atoms with Crippen molar-refractivity contribution in [3.63, 3.8) is 0 Å². The Morgan fingerprint density at radius 2 is 1.95 bits per heavy atom. The molecule has 0 aliphatic carbocycles. The second-order valence-corrected chi connectivity index (χ2v) is 5.32. The number of carboxylic acids is 1. The third-order valence-electron chi connectivity index (χ3n) is 2.70. The van der Waals surface area contributed by atoms with E-state index in [9.17, 15) is 4.79 Å². The predicted octanol–water partition coefficient (Wildman–Crippen LogP) is 3.35. The van der Waals surface area contributed by atoms with Gasteiger partial charge in [-0.1, -0.05) is 17.7 Å². The molecule has 0 unspecified atom stereocenters. The first kappa shape index (κ1) is 13.5. The van der Waals surface area contributed by atoms with E-state index in [1.165, 1.54) is 5.56 Å². The highest BCUT2D eigenvalue weighted by atomic mass is 32.1. The fourth-order valence-corrected chi connectivity index (χ4v) is 2.65. The van der Waals surface area contributed by atoms with Crippen molar-refractivity contribution < 1.29 is 14.6 Å². The number of aromatic carboxylic acids is 1. The smallest absolute Gasteiger partial charge is 0.365 e. The van der Waals surface area contributed by atoms with Crippen molar-refractivity contribution in [1.29, 1.82) is 0 Å². The Morgan fingerprint density at radius 3 is 2.47 bits per heavy atom. The van der Waals surface area contributed by atoms with Crippen molar-refractivity contribution in [1.82, 2.24) is 4.98 Å². The van der Waals surface area contributed by atoms with Gasteiger partial charge in [-0.05, 0) is 31.9 Å². The Bertz CT molecular complexity index is 596. The molecule has 1 aromatic carbocycles. The summed E-state index contributed by atoms with van der Waals surface area (Å²) in [7, 11) is 0. The van der Waals surface area contributed by atoms with Gasteiger partial charge in [0.15, 0.2) is 0 Å². The Hall–Kier alpha value is -1.88. The van der Waals surface area contributed by atoms with E-state index >= 15 is 0 Å². The lowest BCUT2D eigenvalue weighted by molar-refractivity contribution is 0.0696. The van der Waals surface area contributed by atoms with E-state index in [-0.39, 0.29) is 11.6 Å². The van der Waals surface area contributed by atoms with Crippen LogP contribution in [0.25, 0.3) is 0 Å². The third-order valence-corrected chi connectivity index (χ3v) is 3.58. The fraction of sp³-hybridized carbons (Fsp3) is 0.286. The van der Waals surface area contributed by atoms with Crippen molar-refractivity contribution in [2.75, 3.05) is 0 Å². The highest BCUT2D eigenvalue weighted by Gasteiger charge is 2.10. The molecule has 0 spiro atoms. The van der Waals surface area contributed by atoms with Gasteiger partial charge in [-0.25, -0.2) is 9.78 Å². The number of thiazole rings is 1. The number of aromatic nitrogens is 1. The molecule has 0 amide bonds. The van der Waals surface area contributed by atoms with E-state index in [2.05, 4.69) is 17.1 Å². The van der Waals surface area contributed by atoms with E-state index in [1.54, 1.807) is 5.38 Å². The number of benzene rings is 1. The highest BCUT2D eigenvalue weighted by molar-refractivity contribution is 7.11. The van der Waals surface area contributed by atoms with E-state index in [0.29, 0.717) is 5.69 Å². The molecule has 0 aliphatic rings. The molecule has 1 heterocycles. The van der Waals surface area contributed by atoms with Gasteiger partial charge in [-0.15, -0.1) is 11.3 Å². The van der Waals surface area contributed by atoms with Crippen molar-refractivity contribution in [3.05, 3.63) is 44.9 Å². The minimum absolute atomic E-state index is 0.0935. The van der Waals surface area contributed by atoms with E-state index < -0.39 is 5.97 Å². The first-order chi connectivity index (χ1) is 8.97. The summed E-state index contributed by atoms with van der Waals surface area (Å²) in [6.07, 6.45) is 0. The zero-order valence-corrected chi connectivity index (χ0v) is 11.9. The number of hydrogen-bond acceptors (Lipinski definition) is 4. The molecule has 100 valence electrons. The zero-order valence-electron chi connectivity index (χ0n) is 11.1. The standard InChI is InChI=1S/C14H15NO3S/c1-8-4-9(2)12(10(3)5-8)18-6-11-7-19-13(15-11)14(16)17/h4-5,7H,6H2,1-3H3,(H,16,17). The average Bonchev–Trinajstić information content (AvgIpc) is 2.76. The van der Waals surface area contributed by atoms with Crippen LogP contribution in [0.2, 0.25) is 0 Å². The summed E-state index contributed by atoms with van der Waals surface area (Å²) in [6, 6.07) is 4.12. The van der Waals surface area contributed by atoms with Gasteiger partial charge in [-0.2, -0.15) is 0 Å². The minimum atomic E-state index is -1.00. The van der Waals surface area contributed by atoms with Crippen LogP contribution in [0.3, 0.4) is 0 Å². The molecular weight excluding hydrogens is 262 g/mol. The monoisotopic (exact) mass is 277 g/mol. The molecule has 0 saturated heterocycles. The topological polar surface area (TPSA) is 59.4 Å². The number of carbonyl (C=O) groups is 1. The van der Waals surface area contributed by atoms with Crippen LogP contribution in [0.5, 0.6) is 5.75 Å². The number of ether oxygens (including phenoxy) is 1. The van der Waals surface area contributed by atoms with Gasteiger partial charge < -0.3 is 9.84 Å². The molecule has 0 atom stereocenters. The molecular formula is C14H15NO3S. The van der Waals surface area contributed by atoms with Crippen LogP contribution < -0.4 is 4.74 Å². The lowest BCUT2D eigenvalue weighted by atomic mass is 10.1. The van der Waals surface area contributed by atoms with E-state index in [4.69, 9.17) is 9.84 Å². The van der Waals surface area contributed by atoms with Crippen LogP contribution in [-0.4, -0.2) is 16.1 Å². The molecule has 2 aromatic rings. The minimum Gasteiger partial charge on any atom is -0.487 e. The molecule has 0 radical (unpaired) electrons. The van der Waals surface area contributed by atoms with E-state index in [1.807, 2.05) is 20.8 Å². The van der Waals surface area contributed by atoms with Gasteiger partial charge in [0.2, 0.25) is 5.01 Å². The molecule has 0 saturated carbocycles. The third kappa shape index (κ3) is 3.12. The van der Waals surface area contributed by atoms with Gasteiger partial charge >= 0.3 is 5.97 Å². The maximum atomic E-state index is 10.7. The van der Waals surface area contributed by atoms with Gasteiger partial charge in [0.05, 0.1) is 5.69 Å². The molecule has 1 aromatic heterocycles. The van der Waals surface area contributed by atoms with Gasteiger partial charge in [-0.3, -0.25) is 0 Å². The zero-order chi connectivity index (χ0) is 14.0. The molecule has 0 fully saturated rings. The first-order valence-electron chi connectivity index (χ1n) is 5.85. The van der Waals surface area contributed by atoms with Crippen molar-refractivity contribution >= 4 is 17.3 Å². The number of carboxylic acid groups (broad SMARTS) is 1. The summed E-state index contributed by atoms with van der Waals surface area (Å²) < 4.78 is 5.75. The Balaban J connectivity index is 2.12. The predicted molar refractivity (Wildman–Crippen MR) is 74.1 cm³/mol. The van der Waals surface area contributed by atoms with Gasteiger partial charge in [0.1, 0.15) is 12.4 Å². The maximum Gasteiger partial charge on any atom is 0.365 e. The molecule has 0 aliphatic heterocycles. The summed E-state index contributed by atoms with van der Waals surface area (Å²) in [5.74, 6) is -0.158. The summed E-state index contributed by atoms with van der Waals surface area (Å²) in [4.78, 5) is 14.7. The summed E-state index contributed by atoms with van der Waals surface area (Å²) in [6.45, 7) is 6.33. The molecule has 4 nitrogen and oxygen atoms in total. The lowest BCUT2D eigenvalue weighted by Gasteiger charge is -2.12. The summed E-state index contributed by atoms with van der Waals surface area (Å²) >= 11 is 1.11. The van der Waals surface area contributed by atoms with Crippen LogP contribution in [0.1, 0.15) is 32.2 Å². The normalized spacial score (nSPS) is 10.5.